The number of hydrazone groups is 1. The van der Waals surface area contributed by atoms with E-state index < -0.39 is 15.9 Å². The Morgan fingerprint density at radius 1 is 1.04 bits per heavy atom. The minimum atomic E-state index is -3.77. The third-order valence-electron chi connectivity index (χ3n) is 4.31. The molecule has 0 amide bonds. The molecule has 0 spiro atoms. The molecule has 1 N–H and O–H groups in total. The summed E-state index contributed by atoms with van der Waals surface area (Å²) in [5.74, 6) is -0.395. The van der Waals surface area contributed by atoms with Gasteiger partial charge in [-0.2, -0.15) is 18.4 Å². The number of carbonyl (C=O) groups is 1. The highest BCUT2D eigenvalue weighted by molar-refractivity contribution is 7.89. The smallest absolute Gasteiger partial charge is 0.276 e. The summed E-state index contributed by atoms with van der Waals surface area (Å²) in [4.78, 5) is 15.0. The predicted molar refractivity (Wildman–Crippen MR) is 97.2 cm³/mol. The maximum absolute atomic E-state index is 12.6. The molecule has 0 radical (unpaired) electrons. The molecule has 0 fully saturated rings. The first-order chi connectivity index (χ1) is 11.9. The van der Waals surface area contributed by atoms with Crippen LogP contribution in [0.3, 0.4) is 0 Å². The van der Waals surface area contributed by atoms with Crippen LogP contribution in [0, 0.1) is 12.8 Å². The summed E-state index contributed by atoms with van der Waals surface area (Å²) in [7, 11) is -3.77. The van der Waals surface area contributed by atoms with Gasteiger partial charge in [0.1, 0.15) is 0 Å². The molecule has 130 valence electrons. The van der Waals surface area contributed by atoms with Gasteiger partial charge >= 0.3 is 0 Å². The largest absolute Gasteiger partial charge is 0.293 e. The number of nitrogens with zero attached hydrogens (tertiary/aromatic N) is 1. The number of fused-ring (bicyclic) bond motifs is 1. The number of rotatable bonds is 5. The van der Waals surface area contributed by atoms with Crippen LogP contribution in [0.2, 0.25) is 0 Å². The zero-order valence-electron chi connectivity index (χ0n) is 14.2. The van der Waals surface area contributed by atoms with Gasteiger partial charge in [-0.3, -0.25) is 4.79 Å². The van der Waals surface area contributed by atoms with Gasteiger partial charge in [0.2, 0.25) is 0 Å². The van der Waals surface area contributed by atoms with E-state index in [0.29, 0.717) is 23.3 Å². The summed E-state index contributed by atoms with van der Waals surface area (Å²) >= 11 is 0. The Hall–Kier alpha value is -2.47. The lowest BCUT2D eigenvalue weighted by Crippen LogP contribution is -2.23. The Balaban J connectivity index is 1.96. The third-order valence-corrected chi connectivity index (χ3v) is 5.53. The first-order valence-corrected chi connectivity index (χ1v) is 9.72. The molecule has 1 unspecified atom stereocenters. The van der Waals surface area contributed by atoms with Crippen molar-refractivity contribution in [2.45, 2.75) is 31.6 Å². The van der Waals surface area contributed by atoms with Crippen LogP contribution >= 0.6 is 0 Å². The van der Waals surface area contributed by atoms with E-state index in [-0.39, 0.29) is 10.7 Å². The third kappa shape index (κ3) is 3.35. The van der Waals surface area contributed by atoms with Crippen molar-refractivity contribution in [1.29, 1.82) is 0 Å². The normalized spacial score (nSPS) is 18.4. The van der Waals surface area contributed by atoms with Crippen LogP contribution in [0.15, 0.2) is 58.5 Å². The first kappa shape index (κ1) is 17.4. The number of hydrogen-bond donors (Lipinski definition) is 1. The zero-order chi connectivity index (χ0) is 18.0. The molecule has 0 bridgehead atoms. The fourth-order valence-corrected chi connectivity index (χ4v) is 3.81. The van der Waals surface area contributed by atoms with E-state index in [1.54, 1.807) is 24.3 Å². The molecular weight excluding hydrogens is 336 g/mol. The van der Waals surface area contributed by atoms with Crippen molar-refractivity contribution in [3.8, 4) is 0 Å². The van der Waals surface area contributed by atoms with Gasteiger partial charge in [0, 0.05) is 11.1 Å². The molecule has 2 aromatic rings. The second-order valence-electron chi connectivity index (χ2n) is 6.16. The second kappa shape index (κ2) is 6.80. The molecule has 1 aliphatic rings. The fraction of sp³-hybridized carbons (Fsp3) is 0.263. The maximum Gasteiger partial charge on any atom is 0.276 e. The molecule has 25 heavy (non-hydrogen) atoms. The Bertz CT molecular complexity index is 931. The van der Waals surface area contributed by atoms with Crippen molar-refractivity contribution >= 4 is 21.5 Å². The van der Waals surface area contributed by atoms with Gasteiger partial charge in [0.05, 0.1) is 16.5 Å². The van der Waals surface area contributed by atoms with Gasteiger partial charge in [0.15, 0.2) is 5.78 Å². The summed E-state index contributed by atoms with van der Waals surface area (Å²) in [5, 5.41) is 4.14. The highest BCUT2D eigenvalue weighted by atomic mass is 32.2. The maximum atomic E-state index is 12.6. The minimum absolute atomic E-state index is 0.00531. The Kier molecular flexibility index (Phi) is 4.72. The minimum Gasteiger partial charge on any atom is -0.293 e. The van der Waals surface area contributed by atoms with Gasteiger partial charge in [-0.1, -0.05) is 55.3 Å². The number of benzene rings is 2. The lowest BCUT2D eigenvalue weighted by molar-refractivity contribution is 0.0957. The van der Waals surface area contributed by atoms with Crippen LogP contribution in [-0.2, 0) is 10.0 Å². The lowest BCUT2D eigenvalue weighted by atomic mass is 9.98. The van der Waals surface area contributed by atoms with Crippen molar-refractivity contribution in [3.63, 3.8) is 0 Å². The summed E-state index contributed by atoms with van der Waals surface area (Å²) in [6.45, 7) is 3.88. The van der Waals surface area contributed by atoms with Gasteiger partial charge in [-0.05, 0) is 25.5 Å². The van der Waals surface area contributed by atoms with Crippen molar-refractivity contribution in [1.82, 2.24) is 4.83 Å². The molecule has 6 heteroatoms. The highest BCUT2D eigenvalue weighted by Gasteiger charge is 2.36. The number of nitrogens with one attached hydrogen (secondary N) is 1. The van der Waals surface area contributed by atoms with Crippen molar-refractivity contribution in [2.24, 2.45) is 11.0 Å². The number of Topliss-reactive ketones (excluding diaryl/α,β-unsaturated/α-hetero) is 1. The Morgan fingerprint density at radius 2 is 1.68 bits per heavy atom. The van der Waals surface area contributed by atoms with Gasteiger partial charge in [-0.15, -0.1) is 0 Å². The molecule has 0 aliphatic heterocycles. The molecule has 3 rings (SSSR count). The molecule has 5 nitrogen and oxygen atoms in total. The van der Waals surface area contributed by atoms with Crippen molar-refractivity contribution in [3.05, 3.63) is 65.2 Å². The van der Waals surface area contributed by atoms with Crippen LogP contribution in [0.5, 0.6) is 0 Å². The second-order valence-corrected chi connectivity index (χ2v) is 7.82. The standard InChI is InChI=1S/C19H20N2O3S/c1-3-6-17-18(15-7-4-5-8-16(15)19(17)22)20-21-25(23,24)14-11-9-13(2)10-12-14/h4-5,7-12,17,21H,3,6H2,1-2H3. The van der Waals surface area contributed by atoms with E-state index in [1.165, 1.54) is 12.1 Å². The highest BCUT2D eigenvalue weighted by Crippen LogP contribution is 2.30. The van der Waals surface area contributed by atoms with Crippen molar-refractivity contribution in [2.75, 3.05) is 0 Å². The van der Waals surface area contributed by atoms with Gasteiger partial charge < -0.3 is 0 Å². The van der Waals surface area contributed by atoms with E-state index in [0.717, 1.165) is 12.0 Å². The van der Waals surface area contributed by atoms with Gasteiger partial charge in [-0.25, -0.2) is 0 Å². The number of sulfonamides is 1. The number of ketones is 1. The molecule has 1 atom stereocenters. The summed E-state index contributed by atoms with van der Waals surface area (Å²) < 4.78 is 24.9. The van der Waals surface area contributed by atoms with Crippen LogP contribution in [0.25, 0.3) is 0 Å². The molecule has 0 heterocycles. The average Bonchev–Trinajstić information content (AvgIpc) is 2.86. The zero-order valence-corrected chi connectivity index (χ0v) is 15.0. The van der Waals surface area contributed by atoms with Crippen molar-refractivity contribution < 1.29 is 13.2 Å². The van der Waals surface area contributed by atoms with Crippen LogP contribution in [0.4, 0.5) is 0 Å². The number of aryl methyl sites for hydroxylation is 1. The van der Waals surface area contributed by atoms with E-state index in [4.69, 9.17) is 0 Å². The number of hydrogen-bond acceptors (Lipinski definition) is 4. The summed E-state index contributed by atoms with van der Waals surface area (Å²) in [5.41, 5.74) is 2.79. The van der Waals surface area contributed by atoms with Crippen LogP contribution < -0.4 is 4.83 Å². The molecule has 0 saturated heterocycles. The molecular formula is C19H20N2O3S. The fourth-order valence-electron chi connectivity index (χ4n) is 2.99. The van der Waals surface area contributed by atoms with E-state index in [9.17, 15) is 13.2 Å². The quantitative estimate of drug-likeness (QED) is 0.835. The van der Waals surface area contributed by atoms with E-state index >= 15 is 0 Å². The molecule has 1 aliphatic carbocycles. The molecule has 0 saturated carbocycles. The molecule has 2 aromatic carbocycles. The Labute approximate surface area is 147 Å². The SMILES string of the molecule is CCCC1C(=O)c2ccccc2C1=NNS(=O)(=O)c1ccc(C)cc1. The predicted octanol–water partition coefficient (Wildman–Crippen LogP) is 3.29. The monoisotopic (exact) mass is 356 g/mol. The van der Waals surface area contributed by atoms with Crippen LogP contribution in [-0.4, -0.2) is 19.9 Å². The van der Waals surface area contributed by atoms with Crippen LogP contribution in [0.1, 0.15) is 41.3 Å². The van der Waals surface area contributed by atoms with E-state index in [1.807, 2.05) is 26.0 Å². The number of carbonyl (C=O) groups excluding carboxylic acids is 1. The summed E-state index contributed by atoms with van der Waals surface area (Å²) in [6, 6.07) is 13.7. The lowest BCUT2D eigenvalue weighted by Gasteiger charge is -2.10. The van der Waals surface area contributed by atoms with E-state index in [2.05, 4.69) is 9.93 Å². The molecule has 0 aromatic heterocycles. The first-order valence-electron chi connectivity index (χ1n) is 8.23. The summed E-state index contributed by atoms with van der Waals surface area (Å²) in [6.07, 6.45) is 1.45. The topological polar surface area (TPSA) is 75.6 Å². The van der Waals surface area contributed by atoms with Gasteiger partial charge in [0.25, 0.3) is 10.0 Å². The Morgan fingerprint density at radius 3 is 2.32 bits per heavy atom. The average molecular weight is 356 g/mol.